The lowest BCUT2D eigenvalue weighted by atomic mass is 10.0. The largest absolute Gasteiger partial charge is 0.469 e. The first kappa shape index (κ1) is 48.2. The maximum Gasteiger partial charge on any atom is 0.469 e. The van der Waals surface area contributed by atoms with Gasteiger partial charge >= 0.3 is 19.8 Å². The number of hydrogen-bond donors (Lipinski definition) is 2. The van der Waals surface area contributed by atoms with Gasteiger partial charge in [-0.3, -0.25) is 14.1 Å². The highest BCUT2D eigenvalue weighted by Crippen LogP contribution is 2.36. The van der Waals surface area contributed by atoms with Crippen LogP contribution < -0.4 is 0 Å². The first-order valence-corrected chi connectivity index (χ1v) is 22.4. The molecular weight excluding hydrogens is 679 g/mol. The number of phosphoric acid groups is 1. The predicted octanol–water partition coefficient (Wildman–Crippen LogP) is 11.6. The first-order chi connectivity index (χ1) is 25.2. The number of epoxide rings is 1. The topological polar surface area (TPSA) is 132 Å². The van der Waals surface area contributed by atoms with E-state index in [4.69, 9.17) is 24.0 Å². The van der Waals surface area contributed by atoms with Gasteiger partial charge in [0.2, 0.25) is 0 Å². The second-order valence-corrected chi connectivity index (χ2v) is 15.6. The van der Waals surface area contributed by atoms with Crippen LogP contribution in [0, 0.1) is 0 Å². The number of unbranched alkanes of at least 4 members (excludes halogenated alkanes) is 18. The number of rotatable bonds is 37. The van der Waals surface area contributed by atoms with E-state index < -0.39 is 32.5 Å². The number of allylic oxidation sites excluding steroid dienone is 5. The summed E-state index contributed by atoms with van der Waals surface area (Å²) >= 11 is 0. The van der Waals surface area contributed by atoms with E-state index in [1.54, 1.807) is 0 Å². The van der Waals surface area contributed by atoms with Crippen molar-refractivity contribution in [2.45, 2.75) is 206 Å². The van der Waals surface area contributed by atoms with Crippen molar-refractivity contribution in [1.82, 2.24) is 0 Å². The molecule has 52 heavy (non-hydrogen) atoms. The molecule has 2 N–H and O–H groups in total. The van der Waals surface area contributed by atoms with Crippen LogP contribution >= 0.6 is 7.82 Å². The third kappa shape index (κ3) is 32.8. The second-order valence-electron chi connectivity index (χ2n) is 14.4. The van der Waals surface area contributed by atoms with Gasteiger partial charge in [0.25, 0.3) is 0 Å². The summed E-state index contributed by atoms with van der Waals surface area (Å²) in [6, 6.07) is 0. The molecule has 1 aliphatic rings. The van der Waals surface area contributed by atoms with Gasteiger partial charge in [0.05, 0.1) is 18.8 Å². The average Bonchev–Trinajstić information content (AvgIpc) is 3.87. The molecule has 0 aliphatic carbocycles. The third-order valence-electron chi connectivity index (χ3n) is 9.34. The van der Waals surface area contributed by atoms with Gasteiger partial charge in [0, 0.05) is 12.8 Å². The van der Waals surface area contributed by atoms with Crippen molar-refractivity contribution in [2.75, 3.05) is 13.2 Å². The lowest BCUT2D eigenvalue weighted by Crippen LogP contribution is -2.29. The molecule has 0 aromatic rings. The fourth-order valence-electron chi connectivity index (χ4n) is 6.11. The van der Waals surface area contributed by atoms with Crippen LogP contribution in [0.15, 0.2) is 36.5 Å². The van der Waals surface area contributed by atoms with Crippen LogP contribution in [-0.2, 0) is 32.9 Å². The Kier molecular flexibility index (Phi) is 31.3. The molecule has 1 heterocycles. The second kappa shape index (κ2) is 33.8. The summed E-state index contributed by atoms with van der Waals surface area (Å²) in [7, 11) is -4.78. The fourth-order valence-corrected chi connectivity index (χ4v) is 6.47. The Morgan fingerprint density at radius 3 is 1.69 bits per heavy atom. The number of ether oxygens (including phenoxy) is 3. The van der Waals surface area contributed by atoms with Gasteiger partial charge in [-0.05, 0) is 51.4 Å². The highest BCUT2D eigenvalue weighted by Gasteiger charge is 2.36. The van der Waals surface area contributed by atoms with Crippen molar-refractivity contribution < 1.29 is 42.7 Å². The van der Waals surface area contributed by atoms with Gasteiger partial charge in [-0.15, -0.1) is 0 Å². The Morgan fingerprint density at radius 1 is 0.615 bits per heavy atom. The van der Waals surface area contributed by atoms with Crippen molar-refractivity contribution in [1.29, 1.82) is 0 Å². The Labute approximate surface area is 317 Å². The van der Waals surface area contributed by atoms with Crippen LogP contribution in [-0.4, -0.2) is 53.3 Å². The van der Waals surface area contributed by atoms with E-state index in [1.165, 1.54) is 103 Å². The molecule has 10 heteroatoms. The third-order valence-corrected chi connectivity index (χ3v) is 9.82. The standard InChI is InChI=1S/C42H75O9P/c1-3-5-7-9-11-13-15-17-18-19-20-22-24-26-28-30-34-41(43)48-36-38(37-49-52(45,46)47)50-42(44)35-31-33-40-39(51-40)32-29-27-25-23-21-16-14-12-10-8-6-4-2/h12,14,21,23,27,29,38-40H,3-11,13,15-20,22,24-26,28,30-37H2,1-2H3,(H2,45,46,47)/b14-12-,23-21-,29-27-/t38-,39?,40?/m1/s1. The number of hydrogen-bond acceptors (Lipinski definition) is 7. The quantitative estimate of drug-likeness (QED) is 0.0209. The SMILES string of the molecule is CCCCC/C=C\C/C=C\C/C=C\CC1OC1CCCC(=O)O[C@H](COC(=O)CCCCCCCCCCCCCCCCCC)COP(=O)(O)O. The molecule has 0 amide bonds. The van der Waals surface area contributed by atoms with Crippen LogP contribution in [0.4, 0.5) is 0 Å². The molecule has 0 radical (unpaired) electrons. The maximum absolute atomic E-state index is 12.5. The zero-order valence-corrected chi connectivity index (χ0v) is 33.8. The van der Waals surface area contributed by atoms with Crippen LogP contribution in [0.1, 0.15) is 187 Å². The molecule has 3 atom stereocenters. The van der Waals surface area contributed by atoms with Crippen LogP contribution in [0.2, 0.25) is 0 Å². The molecule has 0 saturated carbocycles. The lowest BCUT2D eigenvalue weighted by Gasteiger charge is -2.18. The van der Waals surface area contributed by atoms with Gasteiger partial charge in [-0.2, -0.15) is 0 Å². The average molecular weight is 755 g/mol. The summed E-state index contributed by atoms with van der Waals surface area (Å²) in [4.78, 5) is 43.0. The number of esters is 2. The highest BCUT2D eigenvalue weighted by atomic mass is 31.2. The molecule has 0 aromatic heterocycles. The van der Waals surface area contributed by atoms with Crippen molar-refractivity contribution >= 4 is 19.8 Å². The molecule has 302 valence electrons. The van der Waals surface area contributed by atoms with E-state index in [9.17, 15) is 14.2 Å². The summed E-state index contributed by atoms with van der Waals surface area (Å²) < 4.78 is 32.1. The Bertz CT molecular complexity index is 1010. The minimum Gasteiger partial charge on any atom is -0.462 e. The van der Waals surface area contributed by atoms with E-state index in [0.717, 1.165) is 44.9 Å². The van der Waals surface area contributed by atoms with Gasteiger partial charge in [0.1, 0.15) is 6.61 Å². The van der Waals surface area contributed by atoms with E-state index >= 15 is 0 Å². The molecule has 1 saturated heterocycles. The molecule has 1 fully saturated rings. The van der Waals surface area contributed by atoms with Crippen molar-refractivity contribution in [3.05, 3.63) is 36.5 Å². The molecular formula is C42H75O9P. The number of carbonyl (C=O) groups is 2. The molecule has 0 aromatic carbocycles. The van der Waals surface area contributed by atoms with E-state index in [2.05, 4.69) is 54.8 Å². The van der Waals surface area contributed by atoms with Gasteiger partial charge < -0.3 is 24.0 Å². The van der Waals surface area contributed by atoms with Crippen molar-refractivity contribution in [2.24, 2.45) is 0 Å². The van der Waals surface area contributed by atoms with Gasteiger partial charge in [0.15, 0.2) is 6.10 Å². The van der Waals surface area contributed by atoms with Gasteiger partial charge in [-0.1, -0.05) is 159 Å². The molecule has 2 unspecified atom stereocenters. The van der Waals surface area contributed by atoms with E-state index in [0.29, 0.717) is 12.8 Å². The molecule has 1 aliphatic heterocycles. The van der Waals surface area contributed by atoms with Crippen LogP contribution in [0.3, 0.4) is 0 Å². The Hall–Kier alpha value is -1.77. The zero-order valence-electron chi connectivity index (χ0n) is 32.9. The minimum atomic E-state index is -4.78. The van der Waals surface area contributed by atoms with E-state index in [-0.39, 0.29) is 31.7 Å². The summed E-state index contributed by atoms with van der Waals surface area (Å²) in [5, 5.41) is 0. The Balaban J connectivity index is 2.11. The molecule has 1 rings (SSSR count). The predicted molar refractivity (Wildman–Crippen MR) is 211 cm³/mol. The highest BCUT2D eigenvalue weighted by molar-refractivity contribution is 7.46. The van der Waals surface area contributed by atoms with Crippen molar-refractivity contribution in [3.8, 4) is 0 Å². The number of carbonyl (C=O) groups excluding carboxylic acids is 2. The summed E-state index contributed by atoms with van der Waals surface area (Å²) in [5.74, 6) is -0.956. The van der Waals surface area contributed by atoms with Crippen LogP contribution in [0.25, 0.3) is 0 Å². The van der Waals surface area contributed by atoms with E-state index in [1.807, 2.05) is 0 Å². The molecule has 0 spiro atoms. The monoisotopic (exact) mass is 755 g/mol. The van der Waals surface area contributed by atoms with Crippen molar-refractivity contribution in [3.63, 3.8) is 0 Å². The van der Waals surface area contributed by atoms with Gasteiger partial charge in [-0.25, -0.2) is 4.57 Å². The summed E-state index contributed by atoms with van der Waals surface area (Å²) in [6.45, 7) is 3.60. The molecule has 0 bridgehead atoms. The minimum absolute atomic E-state index is 0.116. The normalized spacial score (nSPS) is 16.7. The number of phosphoric ester groups is 1. The summed E-state index contributed by atoms with van der Waals surface area (Å²) in [6.07, 6.45) is 41.7. The maximum atomic E-state index is 12.5. The van der Waals surface area contributed by atoms with Crippen LogP contribution in [0.5, 0.6) is 0 Å². The first-order valence-electron chi connectivity index (χ1n) is 20.9. The Morgan fingerprint density at radius 2 is 1.12 bits per heavy atom. The fraction of sp³-hybridized carbons (Fsp3) is 0.810. The summed E-state index contributed by atoms with van der Waals surface area (Å²) in [5.41, 5.74) is 0. The lowest BCUT2D eigenvalue weighted by molar-refractivity contribution is -0.161. The molecule has 9 nitrogen and oxygen atoms in total. The zero-order chi connectivity index (χ0) is 38.0. The smallest absolute Gasteiger partial charge is 0.462 e.